The third kappa shape index (κ3) is 4.63. The van der Waals surface area contributed by atoms with Gasteiger partial charge < -0.3 is 24.4 Å². The number of methoxy groups -OCH3 is 1. The molecule has 0 spiro atoms. The van der Waals surface area contributed by atoms with Crippen LogP contribution in [0.3, 0.4) is 0 Å². The summed E-state index contributed by atoms with van der Waals surface area (Å²) in [7, 11) is 1.72. The van der Waals surface area contributed by atoms with Gasteiger partial charge in [-0.3, -0.25) is 4.90 Å². The molecule has 1 saturated heterocycles. The Hall–Kier alpha value is -2.58. The van der Waals surface area contributed by atoms with Crippen LogP contribution in [0.25, 0.3) is 0 Å². The highest BCUT2D eigenvalue weighted by Crippen LogP contribution is 2.32. The molecule has 8 nitrogen and oxygen atoms in total. The van der Waals surface area contributed by atoms with Crippen molar-refractivity contribution in [1.29, 1.82) is 0 Å². The van der Waals surface area contributed by atoms with Gasteiger partial charge in [-0.15, -0.1) is 0 Å². The maximum atomic E-state index is 5.48. The van der Waals surface area contributed by atoms with Crippen LogP contribution in [0.5, 0.6) is 11.5 Å². The molecule has 0 atom stereocenters. The minimum atomic E-state index is 0.319. The molecule has 2 aliphatic heterocycles. The molecule has 2 aliphatic rings. The molecule has 1 fully saturated rings. The molecular weight excluding hydrogens is 358 g/mol. The second kappa shape index (κ2) is 9.07. The van der Waals surface area contributed by atoms with Crippen molar-refractivity contribution in [2.24, 2.45) is 0 Å². The number of ether oxygens (including phenoxy) is 3. The number of nitrogens with zero attached hydrogens (tertiary/aromatic N) is 4. The summed E-state index contributed by atoms with van der Waals surface area (Å²) in [5.74, 6) is 3.53. The number of benzene rings is 1. The van der Waals surface area contributed by atoms with Crippen LogP contribution >= 0.6 is 0 Å². The van der Waals surface area contributed by atoms with Crippen molar-refractivity contribution in [3.05, 3.63) is 36.2 Å². The van der Waals surface area contributed by atoms with Crippen LogP contribution in [-0.2, 0) is 11.3 Å². The van der Waals surface area contributed by atoms with Gasteiger partial charge in [0.2, 0.25) is 6.79 Å². The molecule has 4 rings (SSSR count). The van der Waals surface area contributed by atoms with Crippen molar-refractivity contribution < 1.29 is 14.2 Å². The van der Waals surface area contributed by atoms with Gasteiger partial charge in [-0.25, -0.2) is 9.97 Å². The second-order valence-electron chi connectivity index (χ2n) is 6.99. The molecule has 1 N–H and O–H groups in total. The smallest absolute Gasteiger partial charge is 0.231 e. The van der Waals surface area contributed by atoms with Gasteiger partial charge in [-0.05, 0) is 24.1 Å². The number of hydrogen-bond donors (Lipinski definition) is 1. The summed E-state index contributed by atoms with van der Waals surface area (Å²) in [5, 5.41) is 3.33. The van der Waals surface area contributed by atoms with E-state index in [1.165, 1.54) is 5.56 Å². The first kappa shape index (κ1) is 18.8. The minimum absolute atomic E-state index is 0.319. The number of piperazine rings is 1. The van der Waals surface area contributed by atoms with Crippen molar-refractivity contribution >= 4 is 11.6 Å². The van der Waals surface area contributed by atoms with E-state index in [4.69, 9.17) is 14.2 Å². The van der Waals surface area contributed by atoms with Crippen LogP contribution in [0.1, 0.15) is 12.0 Å². The van der Waals surface area contributed by atoms with E-state index >= 15 is 0 Å². The first-order valence-corrected chi connectivity index (χ1v) is 9.72. The normalized spacial score (nSPS) is 16.4. The molecule has 1 aromatic heterocycles. The summed E-state index contributed by atoms with van der Waals surface area (Å²) in [6.07, 6.45) is 2.58. The molecule has 0 saturated carbocycles. The predicted molar refractivity (Wildman–Crippen MR) is 107 cm³/mol. The average Bonchev–Trinajstić information content (AvgIpc) is 3.20. The van der Waals surface area contributed by atoms with Crippen LogP contribution in [0.2, 0.25) is 0 Å². The van der Waals surface area contributed by atoms with E-state index in [0.29, 0.717) is 6.79 Å². The lowest BCUT2D eigenvalue weighted by Crippen LogP contribution is -2.46. The van der Waals surface area contributed by atoms with Crippen molar-refractivity contribution in [3.63, 3.8) is 0 Å². The Bertz CT molecular complexity index is 780. The molecule has 1 aromatic carbocycles. The summed E-state index contributed by atoms with van der Waals surface area (Å²) in [6.45, 7) is 6.71. The SMILES string of the molecule is COCCCNc1cc(N2CCN(Cc3ccc4c(c3)OCO4)CC2)ncn1. The van der Waals surface area contributed by atoms with Crippen LogP contribution < -0.4 is 19.7 Å². The topological polar surface area (TPSA) is 72.0 Å². The Labute approximate surface area is 165 Å². The van der Waals surface area contributed by atoms with Crippen molar-refractivity contribution in [2.75, 3.05) is 63.5 Å². The fourth-order valence-electron chi connectivity index (χ4n) is 3.48. The number of nitrogens with one attached hydrogen (secondary N) is 1. The second-order valence-corrected chi connectivity index (χ2v) is 6.99. The molecule has 150 valence electrons. The number of aromatic nitrogens is 2. The van der Waals surface area contributed by atoms with E-state index in [9.17, 15) is 0 Å². The molecule has 2 aromatic rings. The first-order chi connectivity index (χ1) is 13.8. The van der Waals surface area contributed by atoms with Crippen molar-refractivity contribution in [1.82, 2.24) is 14.9 Å². The van der Waals surface area contributed by atoms with Gasteiger partial charge in [0.1, 0.15) is 18.0 Å². The van der Waals surface area contributed by atoms with Gasteiger partial charge in [0.05, 0.1) is 0 Å². The number of rotatable bonds is 8. The van der Waals surface area contributed by atoms with Crippen molar-refractivity contribution in [3.8, 4) is 11.5 Å². The highest BCUT2D eigenvalue weighted by molar-refractivity contribution is 5.49. The Morgan fingerprint density at radius 3 is 2.79 bits per heavy atom. The lowest BCUT2D eigenvalue weighted by Gasteiger charge is -2.35. The maximum absolute atomic E-state index is 5.48. The number of anilines is 2. The quantitative estimate of drug-likeness (QED) is 0.692. The Morgan fingerprint density at radius 1 is 1.07 bits per heavy atom. The summed E-state index contributed by atoms with van der Waals surface area (Å²) >= 11 is 0. The Balaban J connectivity index is 1.28. The van der Waals surface area contributed by atoms with Gasteiger partial charge in [0.25, 0.3) is 0 Å². The van der Waals surface area contributed by atoms with Crippen LogP contribution in [0.15, 0.2) is 30.6 Å². The fraction of sp³-hybridized carbons (Fsp3) is 0.500. The third-order valence-electron chi connectivity index (χ3n) is 5.02. The van der Waals surface area contributed by atoms with Gasteiger partial charge in [-0.1, -0.05) is 6.07 Å². The molecule has 3 heterocycles. The minimum Gasteiger partial charge on any atom is -0.454 e. The molecule has 0 amide bonds. The molecule has 28 heavy (non-hydrogen) atoms. The zero-order valence-electron chi connectivity index (χ0n) is 16.3. The van der Waals surface area contributed by atoms with Gasteiger partial charge in [0, 0.05) is 59.1 Å². The third-order valence-corrected chi connectivity index (χ3v) is 5.02. The van der Waals surface area contributed by atoms with E-state index in [1.807, 2.05) is 12.1 Å². The molecular formula is C20H27N5O3. The highest BCUT2D eigenvalue weighted by atomic mass is 16.7. The zero-order chi connectivity index (χ0) is 19.2. The Morgan fingerprint density at radius 2 is 1.93 bits per heavy atom. The van der Waals surface area contributed by atoms with Crippen LogP contribution in [0.4, 0.5) is 11.6 Å². The monoisotopic (exact) mass is 385 g/mol. The van der Waals surface area contributed by atoms with Gasteiger partial charge in [-0.2, -0.15) is 0 Å². The highest BCUT2D eigenvalue weighted by Gasteiger charge is 2.20. The average molecular weight is 385 g/mol. The molecule has 0 bridgehead atoms. The number of hydrogen-bond acceptors (Lipinski definition) is 8. The van der Waals surface area contributed by atoms with E-state index < -0.39 is 0 Å². The molecule has 8 heteroatoms. The number of fused-ring (bicyclic) bond motifs is 1. The molecule has 0 radical (unpaired) electrons. The van der Waals surface area contributed by atoms with Crippen LogP contribution in [-0.4, -0.2) is 68.1 Å². The van der Waals surface area contributed by atoms with E-state index in [0.717, 1.165) is 75.4 Å². The zero-order valence-corrected chi connectivity index (χ0v) is 16.3. The summed E-state index contributed by atoms with van der Waals surface area (Å²) in [6, 6.07) is 8.22. The summed E-state index contributed by atoms with van der Waals surface area (Å²) < 4.78 is 15.9. The fourth-order valence-corrected chi connectivity index (χ4v) is 3.48. The van der Waals surface area contributed by atoms with Gasteiger partial charge >= 0.3 is 0 Å². The van der Waals surface area contributed by atoms with E-state index in [-0.39, 0.29) is 0 Å². The van der Waals surface area contributed by atoms with E-state index in [2.05, 4.69) is 37.2 Å². The molecule has 0 aliphatic carbocycles. The standard InChI is InChI=1S/C20H27N5O3/c1-26-10-2-5-21-19-12-20(23-14-22-19)25-8-6-24(7-9-25)13-16-3-4-17-18(11-16)28-15-27-17/h3-4,11-12,14H,2,5-10,13,15H2,1H3,(H,21,22,23). The summed E-state index contributed by atoms with van der Waals surface area (Å²) in [5.41, 5.74) is 1.25. The predicted octanol–water partition coefficient (Wildman–Crippen LogP) is 1.98. The lowest BCUT2D eigenvalue weighted by molar-refractivity contribution is 0.174. The Kier molecular flexibility index (Phi) is 6.08. The molecule has 0 unspecified atom stereocenters. The van der Waals surface area contributed by atoms with Gasteiger partial charge in [0.15, 0.2) is 11.5 Å². The largest absolute Gasteiger partial charge is 0.454 e. The first-order valence-electron chi connectivity index (χ1n) is 9.72. The van der Waals surface area contributed by atoms with Crippen LogP contribution in [0, 0.1) is 0 Å². The van der Waals surface area contributed by atoms with E-state index in [1.54, 1.807) is 13.4 Å². The lowest BCUT2D eigenvalue weighted by atomic mass is 10.1. The maximum Gasteiger partial charge on any atom is 0.231 e. The van der Waals surface area contributed by atoms with Crippen molar-refractivity contribution in [2.45, 2.75) is 13.0 Å². The summed E-state index contributed by atoms with van der Waals surface area (Å²) in [4.78, 5) is 13.5.